The number of oxazole rings is 1. The lowest BCUT2D eigenvalue weighted by atomic mass is 9.45. The third-order valence-corrected chi connectivity index (χ3v) is 7.45. The minimum absolute atomic E-state index is 0.259. The van der Waals surface area contributed by atoms with E-state index in [2.05, 4.69) is 41.4 Å². The number of nitrogens with zero attached hydrogens (tertiary/aromatic N) is 2. The summed E-state index contributed by atoms with van der Waals surface area (Å²) in [6, 6.07) is 9.81. The number of benzene rings is 1. The number of carbonyl (C=O) groups is 1. The molecule has 7 nitrogen and oxygen atoms in total. The fraction of sp³-hybridized carbons (Fsp3) is 0.458. The number of aromatic nitrogens is 2. The Kier molecular flexibility index (Phi) is 4.64. The summed E-state index contributed by atoms with van der Waals surface area (Å²) in [5, 5.41) is 6.10. The zero-order chi connectivity index (χ0) is 21.8. The van der Waals surface area contributed by atoms with E-state index in [-0.39, 0.29) is 5.91 Å². The summed E-state index contributed by atoms with van der Waals surface area (Å²) < 4.78 is 11.9. The van der Waals surface area contributed by atoms with Crippen LogP contribution in [0.2, 0.25) is 0 Å². The molecule has 0 spiro atoms. The second-order valence-corrected chi connectivity index (χ2v) is 9.41. The van der Waals surface area contributed by atoms with E-state index in [4.69, 9.17) is 9.15 Å². The van der Waals surface area contributed by atoms with Gasteiger partial charge < -0.3 is 19.8 Å². The molecule has 3 aliphatic carbocycles. The smallest absolute Gasteiger partial charge is 0.295 e. The molecule has 162 valence electrons. The molecule has 0 unspecified atom stereocenters. The predicted molar refractivity (Wildman–Crippen MR) is 118 cm³/mol. The van der Waals surface area contributed by atoms with Crippen LogP contribution in [0.15, 0.2) is 40.9 Å². The third kappa shape index (κ3) is 3.42. The summed E-state index contributed by atoms with van der Waals surface area (Å²) in [6.45, 7) is 7.15. The lowest BCUT2D eigenvalue weighted by Crippen LogP contribution is -2.58. The van der Waals surface area contributed by atoms with Crippen LogP contribution in [0.3, 0.4) is 0 Å². The second-order valence-electron chi connectivity index (χ2n) is 9.41. The Bertz CT molecular complexity index is 1140. The molecule has 2 bridgehead atoms. The van der Waals surface area contributed by atoms with Gasteiger partial charge in [-0.1, -0.05) is 20.8 Å². The van der Waals surface area contributed by atoms with E-state index in [0.29, 0.717) is 46.2 Å². The minimum atomic E-state index is -0.259. The first kappa shape index (κ1) is 19.8. The molecule has 6 rings (SSSR count). The van der Waals surface area contributed by atoms with E-state index in [0.717, 1.165) is 23.8 Å². The van der Waals surface area contributed by atoms with Crippen LogP contribution >= 0.6 is 0 Å². The van der Waals surface area contributed by atoms with Gasteiger partial charge in [-0.15, -0.1) is 0 Å². The van der Waals surface area contributed by atoms with Gasteiger partial charge in [-0.2, -0.15) is 4.98 Å². The third-order valence-electron chi connectivity index (χ3n) is 7.45. The van der Waals surface area contributed by atoms with Crippen molar-refractivity contribution in [2.45, 2.75) is 39.7 Å². The highest BCUT2D eigenvalue weighted by molar-refractivity contribution is 5.92. The Labute approximate surface area is 181 Å². The van der Waals surface area contributed by atoms with Gasteiger partial charge in [0, 0.05) is 31.4 Å². The highest BCUT2D eigenvalue weighted by atomic mass is 16.5. The van der Waals surface area contributed by atoms with Crippen LogP contribution in [0, 0.1) is 23.2 Å². The largest absolute Gasteiger partial charge is 0.457 e. The van der Waals surface area contributed by atoms with Crippen molar-refractivity contribution in [3.63, 3.8) is 0 Å². The van der Waals surface area contributed by atoms with E-state index >= 15 is 0 Å². The number of carbonyl (C=O) groups excluding carboxylic acids is 1. The average molecular weight is 421 g/mol. The number of anilines is 1. The molecular weight excluding hydrogens is 392 g/mol. The summed E-state index contributed by atoms with van der Waals surface area (Å²) >= 11 is 0. The molecule has 0 aliphatic heterocycles. The van der Waals surface area contributed by atoms with Crippen LogP contribution in [0.1, 0.15) is 44.1 Å². The second kappa shape index (κ2) is 7.25. The van der Waals surface area contributed by atoms with Crippen molar-refractivity contribution in [1.82, 2.24) is 15.3 Å². The molecular formula is C24H28N4O3. The number of nitrogens with one attached hydrogen (secondary N) is 2. The molecule has 1 amide bonds. The molecule has 3 aliphatic rings. The Hall–Kier alpha value is -3.09. The van der Waals surface area contributed by atoms with Crippen LogP contribution in [-0.4, -0.2) is 29.0 Å². The van der Waals surface area contributed by atoms with Gasteiger partial charge >= 0.3 is 0 Å². The topological polar surface area (TPSA) is 89.3 Å². The van der Waals surface area contributed by atoms with Crippen molar-refractivity contribution < 1.29 is 13.9 Å². The van der Waals surface area contributed by atoms with Gasteiger partial charge in [0.05, 0.1) is 0 Å². The maximum Gasteiger partial charge on any atom is 0.295 e. The van der Waals surface area contributed by atoms with Crippen LogP contribution in [0.4, 0.5) is 6.01 Å². The summed E-state index contributed by atoms with van der Waals surface area (Å²) in [4.78, 5) is 20.5. The first-order valence-corrected chi connectivity index (χ1v) is 10.9. The molecule has 2 N–H and O–H groups in total. The number of fused-ring (bicyclic) bond motifs is 3. The van der Waals surface area contributed by atoms with Crippen LogP contribution in [0.25, 0.3) is 11.1 Å². The molecule has 2 aromatic heterocycles. The monoisotopic (exact) mass is 420 g/mol. The molecule has 1 aromatic carbocycles. The SMILES string of the molecule is CNC(=O)c1cc(Oc2ccc3nc(N[C@H]4C[C@@H]5C[C@H]([C@@H]4C)C5(C)C)oc3c2)ccn1. The van der Waals surface area contributed by atoms with E-state index in [9.17, 15) is 4.79 Å². The quantitative estimate of drug-likeness (QED) is 0.613. The van der Waals surface area contributed by atoms with Gasteiger partial charge in [-0.3, -0.25) is 9.78 Å². The number of hydrogen-bond acceptors (Lipinski definition) is 6. The van der Waals surface area contributed by atoms with Gasteiger partial charge in [0.1, 0.15) is 22.7 Å². The van der Waals surface area contributed by atoms with Crippen molar-refractivity contribution >= 4 is 23.0 Å². The van der Waals surface area contributed by atoms with Crippen molar-refractivity contribution in [3.05, 3.63) is 42.2 Å². The Balaban J connectivity index is 1.31. The summed E-state index contributed by atoms with van der Waals surface area (Å²) in [6.07, 6.45) is 4.05. The molecule has 2 heterocycles. The minimum Gasteiger partial charge on any atom is -0.457 e. The van der Waals surface area contributed by atoms with E-state index in [1.165, 1.54) is 6.42 Å². The fourth-order valence-corrected chi connectivity index (χ4v) is 5.39. The highest BCUT2D eigenvalue weighted by Crippen LogP contribution is 2.61. The van der Waals surface area contributed by atoms with Gasteiger partial charge in [0.15, 0.2) is 5.58 Å². The van der Waals surface area contributed by atoms with Crippen molar-refractivity contribution in [2.75, 3.05) is 12.4 Å². The number of ether oxygens (including phenoxy) is 1. The molecule has 3 saturated carbocycles. The predicted octanol–water partition coefficient (Wildman–Crippen LogP) is 4.86. The van der Waals surface area contributed by atoms with Crippen molar-refractivity contribution in [2.24, 2.45) is 23.2 Å². The number of rotatable bonds is 5. The maximum atomic E-state index is 11.8. The highest BCUT2D eigenvalue weighted by Gasteiger charge is 2.56. The number of hydrogen-bond donors (Lipinski definition) is 2. The molecule has 3 aromatic rings. The van der Waals surface area contributed by atoms with Gasteiger partial charge in [-0.25, -0.2) is 0 Å². The lowest BCUT2D eigenvalue weighted by Gasteiger charge is -2.62. The average Bonchev–Trinajstić information content (AvgIpc) is 3.16. The summed E-state index contributed by atoms with van der Waals surface area (Å²) in [5.74, 6) is 3.01. The van der Waals surface area contributed by atoms with Crippen molar-refractivity contribution in [1.29, 1.82) is 0 Å². The fourth-order valence-electron chi connectivity index (χ4n) is 5.39. The first-order valence-electron chi connectivity index (χ1n) is 10.9. The van der Waals surface area contributed by atoms with Crippen LogP contribution in [-0.2, 0) is 0 Å². The van der Waals surface area contributed by atoms with E-state index in [1.807, 2.05) is 18.2 Å². The van der Waals surface area contributed by atoms with E-state index in [1.54, 1.807) is 25.4 Å². The molecule has 7 heteroatoms. The maximum absolute atomic E-state index is 11.8. The first-order chi connectivity index (χ1) is 14.8. The molecule has 31 heavy (non-hydrogen) atoms. The van der Waals surface area contributed by atoms with Gasteiger partial charge in [0.2, 0.25) is 0 Å². The summed E-state index contributed by atoms with van der Waals surface area (Å²) in [7, 11) is 1.57. The molecule has 4 atom stereocenters. The summed E-state index contributed by atoms with van der Waals surface area (Å²) in [5.41, 5.74) is 2.20. The van der Waals surface area contributed by atoms with E-state index < -0.39 is 0 Å². The zero-order valence-electron chi connectivity index (χ0n) is 18.3. The number of amides is 1. The number of pyridine rings is 1. The normalized spacial score (nSPS) is 26.2. The standard InChI is InChI=1S/C24H28N4O3/c1-13-17-9-14(24(17,2)3)10-19(13)28-23-27-18-6-5-15(12-21(18)31-23)30-16-7-8-26-20(11-16)22(29)25-4/h5-8,11-14,17,19H,9-10H2,1-4H3,(H,25,29)(H,27,28)/t13-,14-,17+,19-/m0/s1. The Morgan fingerprint density at radius 3 is 2.74 bits per heavy atom. The van der Waals surface area contributed by atoms with Gasteiger partial charge in [0.25, 0.3) is 11.9 Å². The lowest BCUT2D eigenvalue weighted by molar-refractivity contribution is -0.105. The van der Waals surface area contributed by atoms with Gasteiger partial charge in [-0.05, 0) is 54.2 Å². The zero-order valence-corrected chi connectivity index (χ0v) is 18.3. The molecule has 0 radical (unpaired) electrons. The van der Waals surface area contributed by atoms with Crippen LogP contribution < -0.4 is 15.4 Å². The Morgan fingerprint density at radius 2 is 2.00 bits per heavy atom. The van der Waals surface area contributed by atoms with Crippen LogP contribution in [0.5, 0.6) is 11.5 Å². The Morgan fingerprint density at radius 1 is 1.19 bits per heavy atom. The van der Waals surface area contributed by atoms with Crippen molar-refractivity contribution in [3.8, 4) is 11.5 Å². The molecule has 0 saturated heterocycles. The molecule has 3 fully saturated rings.